The third kappa shape index (κ3) is 4.98. The van der Waals surface area contributed by atoms with E-state index in [0.29, 0.717) is 30.3 Å². The summed E-state index contributed by atoms with van der Waals surface area (Å²) in [6.45, 7) is 6.46. The fraction of sp³-hybridized carbons (Fsp3) is 0.429. The van der Waals surface area contributed by atoms with Crippen molar-refractivity contribution >= 4 is 36.4 Å². The van der Waals surface area contributed by atoms with Gasteiger partial charge in [-0.05, 0) is 37.3 Å². The third-order valence-corrected chi connectivity index (χ3v) is 5.51. The van der Waals surface area contributed by atoms with Crippen LogP contribution in [0.1, 0.15) is 27.2 Å². The summed E-state index contributed by atoms with van der Waals surface area (Å²) in [4.78, 5) is 17.0. The fourth-order valence-electron chi connectivity index (χ4n) is 3.34. The number of hydrogen-bond acceptors (Lipinski definition) is 6. The molecule has 166 valence electrons. The maximum Gasteiger partial charge on any atom is 0.245 e. The average molecular weight is 458 g/mol. The van der Waals surface area contributed by atoms with E-state index in [-0.39, 0.29) is 36.8 Å². The van der Waals surface area contributed by atoms with Gasteiger partial charge in [-0.3, -0.25) is 4.79 Å². The minimum absolute atomic E-state index is 0. The molecule has 1 aliphatic rings. The summed E-state index contributed by atoms with van der Waals surface area (Å²) in [6.07, 6.45) is 2.02. The molecule has 0 bridgehead atoms. The Balaban J connectivity index is 0.00000225. The molecule has 30 heavy (non-hydrogen) atoms. The first-order valence-corrected chi connectivity index (χ1v) is 9.30. The number of amides is 1. The SMILES string of the molecule is CCOC1CC(N)(C(=O)Nc2ccc(Oc3ccc(OC)cc3)nc2)C1(C)C.Cl.Cl. The molecule has 3 rings (SSSR count). The lowest BCUT2D eigenvalue weighted by molar-refractivity contribution is -0.166. The summed E-state index contributed by atoms with van der Waals surface area (Å²) in [7, 11) is 1.61. The Morgan fingerprint density at radius 1 is 1.17 bits per heavy atom. The van der Waals surface area contributed by atoms with Crippen molar-refractivity contribution in [3.05, 3.63) is 42.6 Å². The second kappa shape index (κ2) is 10.3. The zero-order valence-corrected chi connectivity index (χ0v) is 19.1. The van der Waals surface area contributed by atoms with Gasteiger partial charge in [-0.25, -0.2) is 4.98 Å². The molecule has 1 aromatic heterocycles. The van der Waals surface area contributed by atoms with Crippen LogP contribution in [-0.4, -0.2) is 36.3 Å². The van der Waals surface area contributed by atoms with Gasteiger partial charge in [-0.2, -0.15) is 0 Å². The number of ether oxygens (including phenoxy) is 3. The van der Waals surface area contributed by atoms with Crippen molar-refractivity contribution in [2.45, 2.75) is 38.8 Å². The van der Waals surface area contributed by atoms with Gasteiger partial charge in [0, 0.05) is 24.5 Å². The number of nitrogens with one attached hydrogen (secondary N) is 1. The number of methoxy groups -OCH3 is 1. The van der Waals surface area contributed by atoms with Crippen LogP contribution in [0, 0.1) is 5.41 Å². The number of benzene rings is 1. The monoisotopic (exact) mass is 457 g/mol. The Kier molecular flexibility index (Phi) is 8.92. The predicted octanol–water partition coefficient (Wildman–Crippen LogP) is 4.20. The second-order valence-corrected chi connectivity index (χ2v) is 7.46. The summed E-state index contributed by atoms with van der Waals surface area (Å²) in [6, 6.07) is 10.6. The number of carbonyl (C=O) groups excluding carboxylic acids is 1. The average Bonchev–Trinajstić information content (AvgIpc) is 2.69. The van der Waals surface area contributed by atoms with Crippen LogP contribution in [0.2, 0.25) is 0 Å². The first-order chi connectivity index (χ1) is 13.3. The standard InChI is InChI=1S/C21H27N3O4.2ClH/c1-5-27-17-12-21(22,20(17,2)3)19(25)24-14-6-11-18(23-13-14)28-16-9-7-15(26-4)8-10-16;;/h6-11,13,17H,5,12,22H2,1-4H3,(H,24,25);2*1H. The summed E-state index contributed by atoms with van der Waals surface area (Å²) in [5.41, 5.74) is 5.54. The zero-order valence-electron chi connectivity index (χ0n) is 17.5. The molecule has 2 unspecified atom stereocenters. The van der Waals surface area contributed by atoms with Crippen molar-refractivity contribution in [1.29, 1.82) is 0 Å². The Labute approximate surface area is 189 Å². The minimum Gasteiger partial charge on any atom is -0.497 e. The molecular formula is C21H29Cl2N3O4. The van der Waals surface area contributed by atoms with Gasteiger partial charge in [-0.15, -0.1) is 24.8 Å². The Morgan fingerprint density at radius 3 is 2.30 bits per heavy atom. The number of aromatic nitrogens is 1. The highest BCUT2D eigenvalue weighted by molar-refractivity contribution is 5.99. The summed E-state index contributed by atoms with van der Waals surface area (Å²) in [5, 5.41) is 2.85. The van der Waals surface area contributed by atoms with Gasteiger partial charge in [0.15, 0.2) is 0 Å². The van der Waals surface area contributed by atoms with Gasteiger partial charge in [0.1, 0.15) is 17.0 Å². The molecular weight excluding hydrogens is 429 g/mol. The predicted molar refractivity (Wildman–Crippen MR) is 121 cm³/mol. The number of nitrogens with zero attached hydrogens (tertiary/aromatic N) is 1. The number of nitrogens with two attached hydrogens (primary N) is 1. The van der Waals surface area contributed by atoms with E-state index < -0.39 is 11.0 Å². The van der Waals surface area contributed by atoms with E-state index in [9.17, 15) is 4.79 Å². The van der Waals surface area contributed by atoms with E-state index in [2.05, 4.69) is 10.3 Å². The van der Waals surface area contributed by atoms with Gasteiger partial charge < -0.3 is 25.3 Å². The first kappa shape index (κ1) is 26.0. The van der Waals surface area contributed by atoms with Crippen molar-refractivity contribution in [3.8, 4) is 17.4 Å². The molecule has 1 amide bonds. The lowest BCUT2D eigenvalue weighted by Crippen LogP contribution is -2.74. The molecule has 1 saturated carbocycles. The zero-order chi connectivity index (χ0) is 20.4. The highest BCUT2D eigenvalue weighted by Crippen LogP contribution is 2.50. The Bertz CT molecular complexity index is 831. The molecule has 0 aliphatic heterocycles. The molecule has 2 atom stereocenters. The van der Waals surface area contributed by atoms with E-state index in [0.717, 1.165) is 5.75 Å². The van der Waals surface area contributed by atoms with Crippen LogP contribution in [0.15, 0.2) is 42.6 Å². The first-order valence-electron chi connectivity index (χ1n) is 9.30. The quantitative estimate of drug-likeness (QED) is 0.646. The van der Waals surface area contributed by atoms with Gasteiger partial charge in [-0.1, -0.05) is 13.8 Å². The van der Waals surface area contributed by atoms with Crippen LogP contribution in [-0.2, 0) is 9.53 Å². The number of halogens is 2. The number of anilines is 1. The van der Waals surface area contributed by atoms with Crippen molar-refractivity contribution in [1.82, 2.24) is 4.98 Å². The molecule has 0 spiro atoms. The minimum atomic E-state index is -0.981. The van der Waals surface area contributed by atoms with Crippen LogP contribution >= 0.6 is 24.8 Å². The van der Waals surface area contributed by atoms with Crippen LogP contribution < -0.4 is 20.5 Å². The number of rotatable bonds is 7. The highest BCUT2D eigenvalue weighted by atomic mass is 35.5. The van der Waals surface area contributed by atoms with Crippen LogP contribution in [0.4, 0.5) is 5.69 Å². The van der Waals surface area contributed by atoms with Gasteiger partial charge in [0.05, 0.1) is 25.1 Å². The maximum atomic E-state index is 12.8. The normalized spacial score (nSPS) is 21.3. The number of carbonyl (C=O) groups is 1. The van der Waals surface area contributed by atoms with E-state index in [1.54, 1.807) is 49.7 Å². The number of hydrogen-bond donors (Lipinski definition) is 2. The fourth-order valence-corrected chi connectivity index (χ4v) is 3.34. The molecule has 1 heterocycles. The van der Waals surface area contributed by atoms with E-state index in [1.807, 2.05) is 20.8 Å². The van der Waals surface area contributed by atoms with E-state index >= 15 is 0 Å². The molecule has 0 radical (unpaired) electrons. The lowest BCUT2D eigenvalue weighted by Gasteiger charge is -2.57. The molecule has 1 aliphatic carbocycles. The van der Waals surface area contributed by atoms with Crippen molar-refractivity contribution in [2.75, 3.05) is 19.0 Å². The molecule has 3 N–H and O–H groups in total. The molecule has 0 saturated heterocycles. The van der Waals surface area contributed by atoms with Crippen molar-refractivity contribution in [2.24, 2.45) is 11.1 Å². The molecule has 9 heteroatoms. The summed E-state index contributed by atoms with van der Waals surface area (Å²) in [5.74, 6) is 1.58. The maximum absolute atomic E-state index is 12.8. The van der Waals surface area contributed by atoms with Gasteiger partial charge >= 0.3 is 0 Å². The van der Waals surface area contributed by atoms with Crippen molar-refractivity contribution < 1.29 is 19.0 Å². The van der Waals surface area contributed by atoms with Crippen molar-refractivity contribution in [3.63, 3.8) is 0 Å². The van der Waals surface area contributed by atoms with Crippen LogP contribution in [0.5, 0.6) is 17.4 Å². The topological polar surface area (TPSA) is 95.7 Å². The summed E-state index contributed by atoms with van der Waals surface area (Å²) < 4.78 is 16.5. The van der Waals surface area contributed by atoms with Crippen LogP contribution in [0.25, 0.3) is 0 Å². The van der Waals surface area contributed by atoms with Gasteiger partial charge in [0.2, 0.25) is 11.8 Å². The lowest BCUT2D eigenvalue weighted by atomic mass is 9.54. The van der Waals surface area contributed by atoms with E-state index in [4.69, 9.17) is 19.9 Å². The molecule has 2 aromatic rings. The number of pyridine rings is 1. The van der Waals surface area contributed by atoms with E-state index in [1.165, 1.54) is 0 Å². The molecule has 1 aromatic carbocycles. The highest BCUT2D eigenvalue weighted by Gasteiger charge is 2.62. The third-order valence-electron chi connectivity index (χ3n) is 5.51. The summed E-state index contributed by atoms with van der Waals surface area (Å²) >= 11 is 0. The Hall–Kier alpha value is -2.06. The largest absolute Gasteiger partial charge is 0.497 e. The Morgan fingerprint density at radius 2 is 1.80 bits per heavy atom. The van der Waals surface area contributed by atoms with Gasteiger partial charge in [0.25, 0.3) is 0 Å². The second-order valence-electron chi connectivity index (χ2n) is 7.46. The molecule has 7 nitrogen and oxygen atoms in total. The molecule has 1 fully saturated rings. The smallest absolute Gasteiger partial charge is 0.245 e. The van der Waals surface area contributed by atoms with Crippen LogP contribution in [0.3, 0.4) is 0 Å².